The lowest BCUT2D eigenvalue weighted by Crippen LogP contribution is -2.42. The number of ether oxygens (including phenoxy) is 1. The number of carbonyl (C=O) groups is 1. The molecule has 20 heavy (non-hydrogen) atoms. The standard InChI is InChI=1S/C14H24N4O2/c1-14(2,3)20-13(19)17-8-5-11(6-9-17)18-12(10-15)4-7-16-18/h4,7,11H,5-6,8-10,15H2,1-3H3. The molecule has 112 valence electrons. The van der Waals surface area contributed by atoms with Crippen molar-refractivity contribution in [1.82, 2.24) is 14.7 Å². The van der Waals surface area contributed by atoms with Gasteiger partial charge in [0.1, 0.15) is 5.60 Å². The van der Waals surface area contributed by atoms with Crippen molar-refractivity contribution in [2.45, 2.75) is 51.8 Å². The predicted molar refractivity (Wildman–Crippen MR) is 76.2 cm³/mol. The van der Waals surface area contributed by atoms with Crippen LogP contribution < -0.4 is 5.73 Å². The molecule has 1 aliphatic heterocycles. The number of hydrogen-bond acceptors (Lipinski definition) is 4. The molecular formula is C14H24N4O2. The number of piperidine rings is 1. The highest BCUT2D eigenvalue weighted by atomic mass is 16.6. The van der Waals surface area contributed by atoms with Crippen molar-refractivity contribution in [3.05, 3.63) is 18.0 Å². The highest BCUT2D eigenvalue weighted by molar-refractivity contribution is 5.68. The Morgan fingerprint density at radius 1 is 1.45 bits per heavy atom. The number of nitrogens with two attached hydrogens (primary N) is 1. The van der Waals surface area contributed by atoms with Crippen molar-refractivity contribution in [1.29, 1.82) is 0 Å². The first kappa shape index (κ1) is 14.8. The van der Waals surface area contributed by atoms with E-state index >= 15 is 0 Å². The Bertz CT molecular complexity index is 456. The summed E-state index contributed by atoms with van der Waals surface area (Å²) in [5.74, 6) is 0. The van der Waals surface area contributed by atoms with E-state index in [1.807, 2.05) is 31.5 Å². The first-order chi connectivity index (χ1) is 9.40. The highest BCUT2D eigenvalue weighted by Gasteiger charge is 2.28. The first-order valence-electron chi connectivity index (χ1n) is 7.11. The quantitative estimate of drug-likeness (QED) is 0.898. The van der Waals surface area contributed by atoms with Crippen LogP contribution in [-0.4, -0.2) is 39.5 Å². The van der Waals surface area contributed by atoms with Gasteiger partial charge in [0.05, 0.1) is 11.7 Å². The summed E-state index contributed by atoms with van der Waals surface area (Å²) in [7, 11) is 0. The zero-order chi connectivity index (χ0) is 14.8. The molecule has 0 aliphatic carbocycles. The van der Waals surface area contributed by atoms with Crippen molar-refractivity contribution in [2.24, 2.45) is 5.73 Å². The third-order valence-corrected chi connectivity index (χ3v) is 3.42. The highest BCUT2D eigenvalue weighted by Crippen LogP contribution is 2.24. The lowest BCUT2D eigenvalue weighted by molar-refractivity contribution is 0.0184. The monoisotopic (exact) mass is 280 g/mol. The van der Waals surface area contributed by atoms with Crippen LogP contribution in [0, 0.1) is 0 Å². The molecule has 0 saturated carbocycles. The second kappa shape index (κ2) is 5.83. The van der Waals surface area contributed by atoms with Gasteiger partial charge in [-0.3, -0.25) is 4.68 Å². The van der Waals surface area contributed by atoms with Crippen LogP contribution >= 0.6 is 0 Å². The van der Waals surface area contributed by atoms with Crippen molar-refractivity contribution >= 4 is 6.09 Å². The number of amides is 1. The minimum atomic E-state index is -0.442. The Kier molecular flexibility index (Phi) is 4.32. The Morgan fingerprint density at radius 2 is 2.10 bits per heavy atom. The van der Waals surface area contributed by atoms with Gasteiger partial charge in [-0.1, -0.05) is 0 Å². The summed E-state index contributed by atoms with van der Waals surface area (Å²) in [5, 5.41) is 4.34. The Hall–Kier alpha value is -1.56. The minimum Gasteiger partial charge on any atom is -0.444 e. The number of hydrogen-bond donors (Lipinski definition) is 1. The van der Waals surface area contributed by atoms with E-state index in [4.69, 9.17) is 10.5 Å². The zero-order valence-corrected chi connectivity index (χ0v) is 12.5. The van der Waals surface area contributed by atoms with Crippen molar-refractivity contribution in [3.8, 4) is 0 Å². The Balaban J connectivity index is 1.91. The van der Waals surface area contributed by atoms with Crippen LogP contribution in [0.5, 0.6) is 0 Å². The number of aromatic nitrogens is 2. The average molecular weight is 280 g/mol. The number of likely N-dealkylation sites (tertiary alicyclic amines) is 1. The molecule has 0 radical (unpaired) electrons. The molecule has 1 aliphatic rings. The third-order valence-electron chi connectivity index (χ3n) is 3.42. The van der Waals surface area contributed by atoms with E-state index in [1.54, 1.807) is 11.1 Å². The summed E-state index contributed by atoms with van der Waals surface area (Å²) in [6.45, 7) is 7.54. The van der Waals surface area contributed by atoms with Gasteiger partial charge in [-0.25, -0.2) is 4.79 Å². The molecule has 1 fully saturated rings. The molecule has 2 N–H and O–H groups in total. The van der Waals surface area contributed by atoms with Crippen molar-refractivity contribution in [2.75, 3.05) is 13.1 Å². The van der Waals surface area contributed by atoms with E-state index in [-0.39, 0.29) is 6.09 Å². The van der Waals surface area contributed by atoms with Crippen LogP contribution in [0.4, 0.5) is 4.79 Å². The van der Waals surface area contributed by atoms with Gasteiger partial charge in [0, 0.05) is 25.8 Å². The third kappa shape index (κ3) is 3.50. The summed E-state index contributed by atoms with van der Waals surface area (Å²) in [6, 6.07) is 2.27. The van der Waals surface area contributed by atoms with E-state index in [1.165, 1.54) is 0 Å². The van der Waals surface area contributed by atoms with Gasteiger partial charge >= 0.3 is 6.09 Å². The van der Waals surface area contributed by atoms with Gasteiger partial charge in [0.2, 0.25) is 0 Å². The Labute approximate surface area is 119 Å². The molecular weight excluding hydrogens is 256 g/mol. The second-order valence-electron chi connectivity index (χ2n) is 6.17. The van der Waals surface area contributed by atoms with Crippen LogP contribution in [0.25, 0.3) is 0 Å². The molecule has 1 aromatic rings. The molecule has 0 aromatic carbocycles. The largest absolute Gasteiger partial charge is 0.444 e. The van der Waals surface area contributed by atoms with Gasteiger partial charge in [-0.15, -0.1) is 0 Å². The van der Waals surface area contributed by atoms with Gasteiger partial charge in [0.25, 0.3) is 0 Å². The maximum absolute atomic E-state index is 12.0. The van der Waals surface area contributed by atoms with Crippen LogP contribution in [0.3, 0.4) is 0 Å². The molecule has 1 saturated heterocycles. The summed E-state index contributed by atoms with van der Waals surface area (Å²) in [4.78, 5) is 13.8. The maximum Gasteiger partial charge on any atom is 0.410 e. The van der Waals surface area contributed by atoms with E-state index in [2.05, 4.69) is 5.10 Å². The van der Waals surface area contributed by atoms with Crippen molar-refractivity contribution in [3.63, 3.8) is 0 Å². The molecule has 6 nitrogen and oxygen atoms in total. The predicted octanol–water partition coefficient (Wildman–Crippen LogP) is 1.91. The first-order valence-corrected chi connectivity index (χ1v) is 7.11. The minimum absolute atomic E-state index is 0.226. The Morgan fingerprint density at radius 3 is 2.65 bits per heavy atom. The lowest BCUT2D eigenvalue weighted by atomic mass is 10.1. The van der Waals surface area contributed by atoms with E-state index < -0.39 is 5.60 Å². The van der Waals surface area contributed by atoms with Crippen LogP contribution in [0.15, 0.2) is 12.3 Å². The second-order valence-corrected chi connectivity index (χ2v) is 6.17. The van der Waals surface area contributed by atoms with E-state index in [0.29, 0.717) is 25.7 Å². The molecule has 2 heterocycles. The summed E-state index contributed by atoms with van der Waals surface area (Å²) in [6.07, 6.45) is 3.32. The molecule has 2 rings (SSSR count). The lowest BCUT2D eigenvalue weighted by Gasteiger charge is -2.34. The molecule has 0 bridgehead atoms. The number of nitrogens with zero attached hydrogens (tertiary/aromatic N) is 3. The molecule has 0 spiro atoms. The summed E-state index contributed by atoms with van der Waals surface area (Å²) < 4.78 is 7.39. The molecule has 0 atom stereocenters. The van der Waals surface area contributed by atoms with Gasteiger partial charge < -0.3 is 15.4 Å². The van der Waals surface area contributed by atoms with E-state index in [9.17, 15) is 4.79 Å². The molecule has 1 amide bonds. The smallest absolute Gasteiger partial charge is 0.410 e. The van der Waals surface area contributed by atoms with Crippen LogP contribution in [0.1, 0.15) is 45.3 Å². The van der Waals surface area contributed by atoms with Crippen LogP contribution in [0.2, 0.25) is 0 Å². The van der Waals surface area contributed by atoms with Gasteiger partial charge in [-0.05, 0) is 39.7 Å². The van der Waals surface area contributed by atoms with Gasteiger partial charge in [-0.2, -0.15) is 5.10 Å². The van der Waals surface area contributed by atoms with E-state index in [0.717, 1.165) is 18.5 Å². The van der Waals surface area contributed by atoms with Crippen molar-refractivity contribution < 1.29 is 9.53 Å². The molecule has 1 aromatic heterocycles. The normalized spacial score (nSPS) is 17.3. The fourth-order valence-corrected chi connectivity index (χ4v) is 2.45. The number of rotatable bonds is 2. The summed E-state index contributed by atoms with van der Waals surface area (Å²) in [5.41, 5.74) is 6.30. The topological polar surface area (TPSA) is 73.4 Å². The fourth-order valence-electron chi connectivity index (χ4n) is 2.45. The fraction of sp³-hybridized carbons (Fsp3) is 0.714. The molecule has 6 heteroatoms. The van der Waals surface area contributed by atoms with Crippen LogP contribution in [-0.2, 0) is 11.3 Å². The SMILES string of the molecule is CC(C)(C)OC(=O)N1CCC(n2nccc2CN)CC1. The summed E-state index contributed by atoms with van der Waals surface area (Å²) >= 11 is 0. The maximum atomic E-state index is 12.0. The zero-order valence-electron chi connectivity index (χ0n) is 12.5. The number of carbonyl (C=O) groups excluding carboxylic acids is 1. The average Bonchev–Trinajstić information content (AvgIpc) is 2.85. The van der Waals surface area contributed by atoms with Gasteiger partial charge in [0.15, 0.2) is 0 Å². The molecule has 0 unspecified atom stereocenters.